The van der Waals surface area contributed by atoms with Gasteiger partial charge in [-0.25, -0.2) is 15.0 Å². The molecule has 3 aromatic heterocycles. The second-order valence-corrected chi connectivity index (χ2v) is 12.7. The minimum Gasteiger partial charge on any atom is -0.494 e. The van der Waals surface area contributed by atoms with E-state index in [0.29, 0.717) is 47.7 Å². The molecule has 4 heterocycles. The largest absolute Gasteiger partial charge is 0.494 e. The maximum absolute atomic E-state index is 12.5. The predicted molar refractivity (Wildman–Crippen MR) is 190 cm³/mol. The van der Waals surface area contributed by atoms with E-state index in [1.165, 1.54) is 16.2 Å². The van der Waals surface area contributed by atoms with Crippen LogP contribution in [0.5, 0.6) is 5.75 Å². The van der Waals surface area contributed by atoms with Crippen LogP contribution in [0.4, 0.5) is 23.0 Å². The number of aromatic nitrogens is 4. The number of benzene rings is 2. The molecule has 1 aliphatic heterocycles. The number of rotatable bonds is 12. The van der Waals surface area contributed by atoms with Gasteiger partial charge in [0.15, 0.2) is 0 Å². The summed E-state index contributed by atoms with van der Waals surface area (Å²) in [5.74, 6) is 1.43. The first-order valence-electron chi connectivity index (χ1n) is 15.7. The Labute approximate surface area is 278 Å². The van der Waals surface area contributed by atoms with Gasteiger partial charge in [-0.15, -0.1) is 11.3 Å². The molecule has 6 rings (SSSR count). The van der Waals surface area contributed by atoms with Gasteiger partial charge in [0.25, 0.3) is 0 Å². The topological polar surface area (TPSA) is 132 Å². The van der Waals surface area contributed by atoms with Gasteiger partial charge in [-0.2, -0.15) is 0 Å². The van der Waals surface area contributed by atoms with E-state index in [9.17, 15) is 9.90 Å². The Morgan fingerprint density at radius 2 is 2.00 bits per heavy atom. The molecular formula is C35H40N8O3S. The lowest BCUT2D eigenvalue weighted by molar-refractivity contribution is -0.111. The highest BCUT2D eigenvalue weighted by molar-refractivity contribution is 7.17. The molecular weight excluding hydrogens is 613 g/mol. The Hall–Kier alpha value is -4.78. The minimum absolute atomic E-state index is 0.0817. The first kappa shape index (κ1) is 32.2. The fraction of sp³-hybridized carbons (Fsp3) is 0.314. The van der Waals surface area contributed by atoms with Gasteiger partial charge in [0, 0.05) is 54.7 Å². The van der Waals surface area contributed by atoms with E-state index in [1.807, 2.05) is 18.2 Å². The lowest BCUT2D eigenvalue weighted by Gasteiger charge is -2.37. The Balaban J connectivity index is 1.34. The van der Waals surface area contributed by atoms with Gasteiger partial charge in [-0.1, -0.05) is 18.7 Å². The highest BCUT2D eigenvalue weighted by Gasteiger charge is 2.25. The predicted octanol–water partition coefficient (Wildman–Crippen LogP) is 6.08. The fourth-order valence-electron chi connectivity index (χ4n) is 5.97. The number of imidazole rings is 1. The average Bonchev–Trinajstić information content (AvgIpc) is 3.75. The van der Waals surface area contributed by atoms with Gasteiger partial charge in [-0.3, -0.25) is 4.79 Å². The number of carbonyl (C=O) groups is 1. The highest BCUT2D eigenvalue weighted by Crippen LogP contribution is 2.40. The molecule has 0 spiro atoms. The number of piperidine rings is 1. The van der Waals surface area contributed by atoms with E-state index in [2.05, 4.69) is 80.7 Å². The van der Waals surface area contributed by atoms with Crippen LogP contribution in [0.15, 0.2) is 66.7 Å². The van der Waals surface area contributed by atoms with Crippen molar-refractivity contribution in [3.8, 4) is 28.4 Å². The Bertz CT molecular complexity index is 1880. The Morgan fingerprint density at radius 3 is 2.74 bits per heavy atom. The van der Waals surface area contributed by atoms with Gasteiger partial charge in [0.2, 0.25) is 11.9 Å². The third-order valence-electron chi connectivity index (χ3n) is 8.51. The number of nitrogens with zero attached hydrogens (tertiary/aromatic N) is 5. The third-order valence-corrected chi connectivity index (χ3v) is 9.39. The number of H-pyrrole nitrogens is 1. The summed E-state index contributed by atoms with van der Waals surface area (Å²) in [7, 11) is 5.85. The Kier molecular flexibility index (Phi) is 9.81. The maximum Gasteiger partial charge on any atom is 0.247 e. The maximum atomic E-state index is 12.5. The number of methoxy groups -OCH3 is 1. The molecule has 4 N–H and O–H groups in total. The van der Waals surface area contributed by atoms with Crippen molar-refractivity contribution in [2.75, 3.05) is 56.4 Å². The summed E-state index contributed by atoms with van der Waals surface area (Å²) in [5, 5.41) is 19.0. The van der Waals surface area contributed by atoms with Crippen LogP contribution in [0, 0.1) is 0 Å². The summed E-state index contributed by atoms with van der Waals surface area (Å²) < 4.78 is 7.01. The number of aliphatic hydroxyl groups excluding tert-OH is 1. The molecule has 0 unspecified atom stereocenters. The molecule has 1 saturated heterocycles. The number of hydrogen-bond acceptors (Lipinski definition) is 10. The quantitative estimate of drug-likeness (QED) is 0.118. The summed E-state index contributed by atoms with van der Waals surface area (Å²) in [4.78, 5) is 34.8. The molecule has 1 aliphatic rings. The van der Waals surface area contributed by atoms with E-state index >= 15 is 0 Å². The summed E-state index contributed by atoms with van der Waals surface area (Å²) in [6.07, 6.45) is 6.20. The van der Waals surface area contributed by atoms with E-state index < -0.39 is 0 Å². The molecule has 0 radical (unpaired) electrons. The zero-order valence-electron chi connectivity index (χ0n) is 26.9. The van der Waals surface area contributed by atoms with E-state index in [-0.39, 0.29) is 12.5 Å². The van der Waals surface area contributed by atoms with Crippen molar-refractivity contribution in [1.82, 2.24) is 24.8 Å². The van der Waals surface area contributed by atoms with Crippen molar-refractivity contribution in [3.63, 3.8) is 0 Å². The van der Waals surface area contributed by atoms with Crippen LogP contribution in [-0.4, -0.2) is 82.8 Å². The molecule has 1 amide bonds. The highest BCUT2D eigenvalue weighted by atomic mass is 32.1. The van der Waals surface area contributed by atoms with Crippen LogP contribution in [0.3, 0.4) is 0 Å². The number of aliphatic hydroxyl groups is 1. The summed E-state index contributed by atoms with van der Waals surface area (Å²) >= 11 is 1.69. The molecule has 5 aromatic rings. The average molecular weight is 653 g/mol. The van der Waals surface area contributed by atoms with Crippen LogP contribution in [0.1, 0.15) is 25.1 Å². The van der Waals surface area contributed by atoms with Crippen LogP contribution < -0.4 is 20.3 Å². The summed E-state index contributed by atoms with van der Waals surface area (Å²) in [6.45, 7) is 5.43. The first-order valence-corrected chi connectivity index (χ1v) is 16.6. The Morgan fingerprint density at radius 1 is 1.17 bits per heavy atom. The number of aryl methyl sites for hydroxylation is 1. The number of nitrogens with one attached hydrogen (secondary N) is 3. The molecule has 0 bridgehead atoms. The van der Waals surface area contributed by atoms with Gasteiger partial charge < -0.3 is 35.3 Å². The molecule has 0 aliphatic carbocycles. The van der Waals surface area contributed by atoms with Crippen LogP contribution in [0.25, 0.3) is 32.7 Å². The lowest BCUT2D eigenvalue weighted by Crippen LogP contribution is -2.42. The summed E-state index contributed by atoms with van der Waals surface area (Å²) in [6, 6.07) is 14.6. The summed E-state index contributed by atoms with van der Waals surface area (Å²) in [5.41, 5.74) is 5.32. The van der Waals surface area contributed by atoms with E-state index in [0.717, 1.165) is 54.4 Å². The molecule has 0 atom stereocenters. The monoisotopic (exact) mass is 652 g/mol. The van der Waals surface area contributed by atoms with Crippen LogP contribution >= 0.6 is 11.3 Å². The van der Waals surface area contributed by atoms with Crippen LogP contribution in [0.2, 0.25) is 0 Å². The van der Waals surface area contributed by atoms with Crippen LogP contribution in [-0.2, 0) is 11.2 Å². The molecule has 12 heteroatoms. The SMILES string of the molecule is C=CC(=O)Nc1cc(Nc2nccc(-c3[nH]c(CCCO)nc3-c3ccc4ccsc4c3)n2)c(OC)cc1N1CCC(N(C)C)CC1. The second-order valence-electron chi connectivity index (χ2n) is 11.7. The van der Waals surface area contributed by atoms with Crippen molar-refractivity contribution in [1.29, 1.82) is 0 Å². The molecule has 1 fully saturated rings. The first-order chi connectivity index (χ1) is 22.9. The third kappa shape index (κ3) is 7.14. The van der Waals surface area contributed by atoms with E-state index in [4.69, 9.17) is 14.7 Å². The van der Waals surface area contributed by atoms with Crippen molar-refractivity contribution in [3.05, 3.63) is 72.5 Å². The van der Waals surface area contributed by atoms with Gasteiger partial charge in [0.05, 0.1) is 41.3 Å². The number of amides is 1. The van der Waals surface area contributed by atoms with Gasteiger partial charge in [0.1, 0.15) is 11.6 Å². The molecule has 0 saturated carbocycles. The zero-order valence-corrected chi connectivity index (χ0v) is 27.7. The zero-order chi connectivity index (χ0) is 32.9. The van der Waals surface area contributed by atoms with Crippen molar-refractivity contribution >= 4 is 50.3 Å². The molecule has 11 nitrogen and oxygen atoms in total. The lowest BCUT2D eigenvalue weighted by atomic mass is 10.0. The number of aromatic amines is 1. The number of thiophene rings is 1. The normalized spacial score (nSPS) is 13.7. The number of hydrogen-bond donors (Lipinski definition) is 4. The number of anilines is 4. The van der Waals surface area contributed by atoms with Gasteiger partial charge >= 0.3 is 0 Å². The van der Waals surface area contributed by atoms with Crippen molar-refractivity contribution < 1.29 is 14.6 Å². The van der Waals surface area contributed by atoms with Gasteiger partial charge in [-0.05, 0) is 74.5 Å². The second kappa shape index (κ2) is 14.3. The smallest absolute Gasteiger partial charge is 0.247 e. The fourth-order valence-corrected chi connectivity index (χ4v) is 6.79. The number of carbonyl (C=O) groups excluding carboxylic acids is 1. The minimum atomic E-state index is -0.298. The van der Waals surface area contributed by atoms with Crippen molar-refractivity contribution in [2.24, 2.45) is 0 Å². The molecule has 47 heavy (non-hydrogen) atoms. The van der Waals surface area contributed by atoms with E-state index in [1.54, 1.807) is 24.6 Å². The number of ether oxygens (including phenoxy) is 1. The van der Waals surface area contributed by atoms with Crippen molar-refractivity contribution in [2.45, 2.75) is 31.7 Å². The molecule has 244 valence electrons. The standard InChI is InChI=1S/C35H40N8O3S/c1-5-32(45)37-26-20-27(29(46-4)21-28(26)43-15-11-24(12-16-43)42(2)3)39-35-36-14-10-25(38-35)34-33(40-31(41-34)7-6-17-44)23-9-8-22-13-18-47-30(22)19-23/h5,8-10,13-14,18-21,24,44H,1,6-7,11-12,15-17H2,2-4H3,(H,37,45)(H,40,41)(H,36,38,39). The number of fused-ring (bicyclic) bond motifs is 1. The molecule has 2 aromatic carbocycles.